The highest BCUT2D eigenvalue weighted by atomic mass is 32.1. The molecule has 5 heterocycles. The summed E-state index contributed by atoms with van der Waals surface area (Å²) in [6, 6.07) is 2.79. The van der Waals surface area contributed by atoms with Crippen LogP contribution in [0, 0.1) is 11.6 Å². The molecule has 0 saturated carbocycles. The van der Waals surface area contributed by atoms with Gasteiger partial charge in [0.2, 0.25) is 0 Å². The minimum absolute atomic E-state index is 0.0733. The molecule has 0 spiro atoms. The van der Waals surface area contributed by atoms with Crippen LogP contribution in [-0.2, 0) is 10.9 Å². The number of thiazole rings is 1. The van der Waals surface area contributed by atoms with Crippen LogP contribution in [0.1, 0.15) is 31.2 Å². The van der Waals surface area contributed by atoms with Gasteiger partial charge in [0.1, 0.15) is 29.4 Å². The van der Waals surface area contributed by atoms with Crippen LogP contribution in [0.3, 0.4) is 0 Å². The zero-order chi connectivity index (χ0) is 30.1. The Morgan fingerprint density at radius 3 is 2.51 bits per heavy atom. The van der Waals surface area contributed by atoms with Crippen molar-refractivity contribution in [3.05, 3.63) is 35.4 Å². The highest BCUT2D eigenvalue weighted by molar-refractivity contribution is 7.22. The van der Waals surface area contributed by atoms with Gasteiger partial charge < -0.3 is 30.5 Å². The van der Waals surface area contributed by atoms with E-state index in [1.165, 1.54) is 0 Å². The Morgan fingerprint density at radius 2 is 1.81 bits per heavy atom. The maximum Gasteiger partial charge on any atom is 0.417 e. The van der Waals surface area contributed by atoms with E-state index in [4.69, 9.17) is 15.2 Å². The van der Waals surface area contributed by atoms with Crippen LogP contribution < -0.4 is 20.7 Å². The summed E-state index contributed by atoms with van der Waals surface area (Å²) < 4.78 is 86.3. The average molecular weight is 623 g/mol. The Bertz CT molecular complexity index is 1720. The molecule has 2 aromatic heterocycles. The molecule has 228 valence electrons. The number of piperazine rings is 1. The first kappa shape index (κ1) is 28.4. The largest absolute Gasteiger partial charge is 0.460 e. The molecule has 3 saturated heterocycles. The van der Waals surface area contributed by atoms with Gasteiger partial charge in [-0.05, 0) is 31.0 Å². The highest BCUT2D eigenvalue weighted by Gasteiger charge is 2.40. The Hall–Kier alpha value is -3.40. The number of hydrogen-bond acceptors (Lipinski definition) is 10. The van der Waals surface area contributed by atoms with E-state index in [1.54, 1.807) is 0 Å². The standard InChI is InChI=1S/C28H27F5N6O3S/c29-18-4-3-15(22-23(18)43-25(34)36-22)19-17(28(31,32)33)9-16-21(20(19)30)37-26(42-12-27(40)5-7-41-8-6-27)38-24(16)39-10-13-1-2-14(11-39)35-13/h3-4,9,13-14,35,40H,1-2,5-8,10-12H2,(H2,34,36). The number of hydrogen-bond donors (Lipinski definition) is 3. The summed E-state index contributed by atoms with van der Waals surface area (Å²) in [7, 11) is 0. The molecule has 4 N–H and O–H groups in total. The smallest absolute Gasteiger partial charge is 0.417 e. The molecule has 3 fully saturated rings. The number of aliphatic hydroxyl groups is 1. The van der Waals surface area contributed by atoms with Crippen molar-refractivity contribution in [1.29, 1.82) is 0 Å². The highest BCUT2D eigenvalue weighted by Crippen LogP contribution is 2.46. The molecule has 4 aromatic rings. The van der Waals surface area contributed by atoms with E-state index >= 15 is 4.39 Å². The molecule has 0 radical (unpaired) electrons. The third-order valence-corrected chi connectivity index (χ3v) is 9.28. The first-order chi connectivity index (χ1) is 20.5. The Kier molecular flexibility index (Phi) is 6.83. The fourth-order valence-corrected chi connectivity index (χ4v) is 7.01. The second-order valence-electron chi connectivity index (χ2n) is 11.3. The summed E-state index contributed by atoms with van der Waals surface area (Å²) in [5, 5.41) is 14.2. The van der Waals surface area contributed by atoms with Crippen molar-refractivity contribution < 1.29 is 36.5 Å². The molecule has 3 aliphatic rings. The quantitative estimate of drug-likeness (QED) is 0.274. The van der Waals surface area contributed by atoms with Crippen LogP contribution in [0.2, 0.25) is 0 Å². The van der Waals surface area contributed by atoms with Crippen LogP contribution in [0.25, 0.3) is 32.2 Å². The fraction of sp³-hybridized carbons (Fsp3) is 0.464. The number of nitrogens with zero attached hydrogens (tertiary/aromatic N) is 4. The SMILES string of the molecule is Nc1nc2c(-c3c(C(F)(F)F)cc4c(N5CC6CCC(C5)N6)nc(OCC5(O)CCOCC5)nc4c3F)ccc(F)c2s1. The fourth-order valence-electron chi connectivity index (χ4n) is 6.24. The predicted molar refractivity (Wildman–Crippen MR) is 150 cm³/mol. The molecule has 0 amide bonds. The molecule has 2 atom stereocenters. The lowest BCUT2D eigenvalue weighted by Crippen LogP contribution is -2.51. The van der Waals surface area contributed by atoms with Crippen molar-refractivity contribution in [1.82, 2.24) is 20.3 Å². The van der Waals surface area contributed by atoms with E-state index in [0.29, 0.717) is 39.1 Å². The number of aromatic nitrogens is 3. The molecule has 2 unspecified atom stereocenters. The van der Waals surface area contributed by atoms with Crippen molar-refractivity contribution in [2.75, 3.05) is 43.5 Å². The van der Waals surface area contributed by atoms with Crippen molar-refractivity contribution in [2.45, 2.75) is 49.5 Å². The second kappa shape index (κ2) is 10.4. The van der Waals surface area contributed by atoms with Gasteiger partial charge in [-0.1, -0.05) is 11.3 Å². The van der Waals surface area contributed by atoms with Crippen LogP contribution in [0.4, 0.5) is 32.9 Å². The number of nitrogens with one attached hydrogen (secondary N) is 1. The molecule has 9 nitrogen and oxygen atoms in total. The molecule has 2 aromatic carbocycles. The van der Waals surface area contributed by atoms with E-state index in [1.807, 2.05) is 4.90 Å². The number of halogens is 5. The minimum Gasteiger partial charge on any atom is -0.460 e. The van der Waals surface area contributed by atoms with Crippen molar-refractivity contribution >= 4 is 43.4 Å². The third-order valence-electron chi connectivity index (χ3n) is 8.39. The number of anilines is 2. The summed E-state index contributed by atoms with van der Waals surface area (Å²) in [6.07, 6.45) is -2.59. The van der Waals surface area contributed by atoms with Gasteiger partial charge in [0.15, 0.2) is 10.9 Å². The molecular formula is C28H27F5N6O3S. The van der Waals surface area contributed by atoms with Crippen molar-refractivity contribution in [2.24, 2.45) is 0 Å². The normalized spacial score (nSPS) is 22.0. The lowest BCUT2D eigenvalue weighted by atomic mass is 9.95. The average Bonchev–Trinajstić information content (AvgIpc) is 3.53. The maximum absolute atomic E-state index is 16.7. The lowest BCUT2D eigenvalue weighted by Gasteiger charge is -2.35. The van der Waals surface area contributed by atoms with E-state index in [2.05, 4.69) is 20.3 Å². The number of nitrogens with two attached hydrogens (primary N) is 1. The molecule has 2 bridgehead atoms. The van der Waals surface area contributed by atoms with Gasteiger partial charge in [0.05, 0.1) is 15.8 Å². The monoisotopic (exact) mass is 622 g/mol. The zero-order valence-electron chi connectivity index (χ0n) is 22.7. The zero-order valence-corrected chi connectivity index (χ0v) is 23.5. The lowest BCUT2D eigenvalue weighted by molar-refractivity contribution is -0.137. The van der Waals surface area contributed by atoms with Gasteiger partial charge >= 0.3 is 12.2 Å². The first-order valence-electron chi connectivity index (χ1n) is 13.9. The number of benzene rings is 2. The third kappa shape index (κ3) is 5.11. The Morgan fingerprint density at radius 1 is 1.09 bits per heavy atom. The summed E-state index contributed by atoms with van der Waals surface area (Å²) in [5.41, 5.74) is 1.60. The van der Waals surface area contributed by atoms with Gasteiger partial charge in [0, 0.05) is 67.7 Å². The molecule has 7 rings (SSSR count). The number of ether oxygens (including phenoxy) is 2. The molecular weight excluding hydrogens is 595 g/mol. The topological polar surface area (TPSA) is 119 Å². The summed E-state index contributed by atoms with van der Waals surface area (Å²) in [5.74, 6) is -1.90. The van der Waals surface area contributed by atoms with E-state index in [-0.39, 0.29) is 56.8 Å². The number of alkyl halides is 3. The van der Waals surface area contributed by atoms with E-state index in [0.717, 1.165) is 42.4 Å². The minimum atomic E-state index is -4.99. The number of nitrogen functional groups attached to an aromatic ring is 1. The van der Waals surface area contributed by atoms with Crippen LogP contribution >= 0.6 is 11.3 Å². The number of fused-ring (bicyclic) bond motifs is 4. The van der Waals surface area contributed by atoms with Gasteiger partial charge in [-0.3, -0.25) is 0 Å². The van der Waals surface area contributed by atoms with Gasteiger partial charge in [-0.25, -0.2) is 13.8 Å². The summed E-state index contributed by atoms with van der Waals surface area (Å²) in [4.78, 5) is 14.6. The van der Waals surface area contributed by atoms with Gasteiger partial charge in [0.25, 0.3) is 0 Å². The maximum atomic E-state index is 16.7. The van der Waals surface area contributed by atoms with E-state index in [9.17, 15) is 22.7 Å². The Labute approximate surface area is 245 Å². The van der Waals surface area contributed by atoms with Crippen LogP contribution in [-0.4, -0.2) is 70.7 Å². The van der Waals surface area contributed by atoms with Crippen LogP contribution in [0.5, 0.6) is 6.01 Å². The molecule has 43 heavy (non-hydrogen) atoms. The summed E-state index contributed by atoms with van der Waals surface area (Å²) >= 11 is 0.757. The first-order valence-corrected chi connectivity index (χ1v) is 14.7. The van der Waals surface area contributed by atoms with Gasteiger partial charge in [-0.15, -0.1) is 0 Å². The molecule has 15 heteroatoms. The van der Waals surface area contributed by atoms with Gasteiger partial charge in [-0.2, -0.15) is 23.1 Å². The van der Waals surface area contributed by atoms with Crippen molar-refractivity contribution in [3.8, 4) is 17.1 Å². The van der Waals surface area contributed by atoms with E-state index < -0.39 is 40.1 Å². The summed E-state index contributed by atoms with van der Waals surface area (Å²) in [6.45, 7) is 1.35. The second-order valence-corrected chi connectivity index (χ2v) is 12.4. The Balaban J connectivity index is 1.44. The molecule has 3 aliphatic heterocycles. The molecule has 0 aliphatic carbocycles. The number of rotatable bonds is 5. The van der Waals surface area contributed by atoms with Crippen LogP contribution in [0.15, 0.2) is 18.2 Å². The predicted octanol–water partition coefficient (Wildman–Crippen LogP) is 4.65. The van der Waals surface area contributed by atoms with Crippen molar-refractivity contribution in [3.63, 3.8) is 0 Å².